The first-order chi connectivity index (χ1) is 9.84. The van der Waals surface area contributed by atoms with Crippen molar-refractivity contribution in [1.82, 2.24) is 4.90 Å². The first-order valence-electron chi connectivity index (χ1n) is 7.12. The van der Waals surface area contributed by atoms with E-state index >= 15 is 0 Å². The van der Waals surface area contributed by atoms with Crippen LogP contribution in [0.1, 0.15) is 48.5 Å². The molecule has 2 rings (SSSR count). The van der Waals surface area contributed by atoms with Gasteiger partial charge in [0.15, 0.2) is 0 Å². The van der Waals surface area contributed by atoms with Gasteiger partial charge in [0.05, 0.1) is 5.56 Å². The smallest absolute Gasteiger partial charge is 0.398 e. The summed E-state index contributed by atoms with van der Waals surface area (Å²) in [4.78, 5) is 14.2. The van der Waals surface area contributed by atoms with Crippen LogP contribution in [0.2, 0.25) is 0 Å². The molecular weight excluding hydrogens is 281 g/mol. The molecule has 21 heavy (non-hydrogen) atoms. The monoisotopic (exact) mass is 300 g/mol. The van der Waals surface area contributed by atoms with Crippen molar-refractivity contribution in [1.29, 1.82) is 0 Å². The fraction of sp³-hybridized carbons (Fsp3) is 0.533. The van der Waals surface area contributed by atoms with E-state index in [0.717, 1.165) is 37.8 Å². The zero-order chi connectivity index (χ0) is 15.6. The molecular formula is C15H19F3N2O. The summed E-state index contributed by atoms with van der Waals surface area (Å²) >= 11 is 0. The van der Waals surface area contributed by atoms with Crippen molar-refractivity contribution in [2.45, 2.75) is 44.8 Å². The largest absolute Gasteiger partial charge is 0.418 e. The number of hydrogen-bond acceptors (Lipinski definition) is 2. The van der Waals surface area contributed by atoms with E-state index in [2.05, 4.69) is 0 Å². The van der Waals surface area contributed by atoms with E-state index in [0.29, 0.717) is 6.54 Å². The summed E-state index contributed by atoms with van der Waals surface area (Å²) in [6.07, 6.45) is -0.885. The lowest BCUT2D eigenvalue weighted by molar-refractivity contribution is -0.136. The molecule has 0 aliphatic carbocycles. The molecule has 6 heteroatoms. The highest BCUT2D eigenvalue weighted by Gasteiger charge is 2.34. The van der Waals surface area contributed by atoms with Gasteiger partial charge in [0.1, 0.15) is 0 Å². The topological polar surface area (TPSA) is 46.3 Å². The molecule has 116 valence electrons. The van der Waals surface area contributed by atoms with Crippen LogP contribution < -0.4 is 5.73 Å². The Morgan fingerprint density at radius 1 is 1.38 bits per heavy atom. The Bertz CT molecular complexity index is 528. The summed E-state index contributed by atoms with van der Waals surface area (Å²) in [5, 5.41) is 0. The van der Waals surface area contributed by atoms with Crippen molar-refractivity contribution in [3.63, 3.8) is 0 Å². The first kappa shape index (κ1) is 15.7. The molecule has 1 heterocycles. The molecule has 1 aliphatic rings. The second-order valence-corrected chi connectivity index (χ2v) is 5.36. The maximum atomic E-state index is 12.9. The molecule has 3 nitrogen and oxygen atoms in total. The van der Waals surface area contributed by atoms with Crippen molar-refractivity contribution in [3.05, 3.63) is 29.3 Å². The Hall–Kier alpha value is -1.72. The number of rotatable bonds is 2. The van der Waals surface area contributed by atoms with Gasteiger partial charge in [-0.2, -0.15) is 13.2 Å². The van der Waals surface area contributed by atoms with Gasteiger partial charge in [-0.25, -0.2) is 0 Å². The van der Waals surface area contributed by atoms with Crippen LogP contribution in [0.25, 0.3) is 0 Å². The third kappa shape index (κ3) is 3.31. The van der Waals surface area contributed by atoms with Gasteiger partial charge < -0.3 is 10.6 Å². The SMILES string of the molecule is CCC1CCCCN1C(=O)c1ccc(N)c(C(F)(F)F)c1. The minimum atomic E-state index is -4.55. The quantitative estimate of drug-likeness (QED) is 0.847. The van der Waals surface area contributed by atoms with Crippen LogP contribution in [-0.4, -0.2) is 23.4 Å². The summed E-state index contributed by atoms with van der Waals surface area (Å²) in [5.74, 6) is -0.341. The fourth-order valence-corrected chi connectivity index (χ4v) is 2.79. The lowest BCUT2D eigenvalue weighted by atomic mass is 9.98. The number of nitrogens with zero attached hydrogens (tertiary/aromatic N) is 1. The van der Waals surface area contributed by atoms with Gasteiger partial charge in [-0.05, 0) is 43.9 Å². The molecule has 1 fully saturated rings. The number of nitrogen functional groups attached to an aromatic ring is 1. The Morgan fingerprint density at radius 2 is 2.10 bits per heavy atom. The van der Waals surface area contributed by atoms with Crippen molar-refractivity contribution in [2.75, 3.05) is 12.3 Å². The summed E-state index contributed by atoms with van der Waals surface area (Å²) in [6, 6.07) is 3.49. The number of piperidine rings is 1. The molecule has 1 atom stereocenters. The number of benzene rings is 1. The number of carbonyl (C=O) groups excluding carboxylic acids is 1. The number of likely N-dealkylation sites (tertiary alicyclic amines) is 1. The van der Waals surface area contributed by atoms with Crippen LogP contribution in [0.15, 0.2) is 18.2 Å². The molecule has 0 bridgehead atoms. The molecule has 0 spiro atoms. The van der Waals surface area contributed by atoms with E-state index in [1.165, 1.54) is 6.07 Å². The highest BCUT2D eigenvalue weighted by molar-refractivity contribution is 5.95. The van der Waals surface area contributed by atoms with Gasteiger partial charge in [-0.1, -0.05) is 6.92 Å². The second-order valence-electron chi connectivity index (χ2n) is 5.36. The number of hydrogen-bond donors (Lipinski definition) is 1. The number of nitrogens with two attached hydrogens (primary N) is 1. The molecule has 1 amide bonds. The highest BCUT2D eigenvalue weighted by atomic mass is 19.4. The maximum Gasteiger partial charge on any atom is 0.418 e. The molecule has 1 unspecified atom stereocenters. The number of anilines is 1. The maximum absolute atomic E-state index is 12.9. The van der Waals surface area contributed by atoms with Gasteiger partial charge >= 0.3 is 6.18 Å². The zero-order valence-corrected chi connectivity index (χ0v) is 11.9. The van der Waals surface area contributed by atoms with Crippen molar-refractivity contribution >= 4 is 11.6 Å². The van der Waals surface area contributed by atoms with Crippen LogP contribution in [0.5, 0.6) is 0 Å². The van der Waals surface area contributed by atoms with Crippen LogP contribution in [0, 0.1) is 0 Å². The molecule has 1 aromatic carbocycles. The summed E-state index contributed by atoms with van der Waals surface area (Å²) in [6.45, 7) is 2.59. The van der Waals surface area contributed by atoms with E-state index in [9.17, 15) is 18.0 Å². The van der Waals surface area contributed by atoms with Crippen LogP contribution in [0.3, 0.4) is 0 Å². The normalized spacial score (nSPS) is 19.6. The van der Waals surface area contributed by atoms with Gasteiger partial charge in [0.25, 0.3) is 5.91 Å². The van der Waals surface area contributed by atoms with Crippen LogP contribution >= 0.6 is 0 Å². The van der Waals surface area contributed by atoms with E-state index in [1.54, 1.807) is 4.90 Å². The fourth-order valence-electron chi connectivity index (χ4n) is 2.79. The molecule has 1 aromatic rings. The van der Waals surface area contributed by atoms with Gasteiger partial charge in [0, 0.05) is 23.8 Å². The lowest BCUT2D eigenvalue weighted by Crippen LogP contribution is -2.43. The standard InChI is InChI=1S/C15H19F3N2O/c1-2-11-5-3-4-8-20(11)14(21)10-6-7-13(19)12(9-10)15(16,17)18/h6-7,9,11H,2-5,8,19H2,1H3. The Labute approximate surface area is 121 Å². The van der Waals surface area contributed by atoms with Crippen LogP contribution in [0.4, 0.5) is 18.9 Å². The summed E-state index contributed by atoms with van der Waals surface area (Å²) in [5.41, 5.74) is 4.11. The molecule has 0 aromatic heterocycles. The highest BCUT2D eigenvalue weighted by Crippen LogP contribution is 2.34. The molecule has 1 saturated heterocycles. The third-order valence-electron chi connectivity index (χ3n) is 3.96. The zero-order valence-electron chi connectivity index (χ0n) is 11.9. The average Bonchev–Trinajstić information content (AvgIpc) is 2.45. The van der Waals surface area contributed by atoms with E-state index in [-0.39, 0.29) is 23.2 Å². The molecule has 0 radical (unpaired) electrons. The lowest BCUT2D eigenvalue weighted by Gasteiger charge is -2.35. The minimum absolute atomic E-state index is 0.0527. The Balaban J connectivity index is 2.31. The van der Waals surface area contributed by atoms with Crippen molar-refractivity contribution in [3.8, 4) is 0 Å². The van der Waals surface area contributed by atoms with Crippen LogP contribution in [-0.2, 0) is 6.18 Å². The predicted octanol–water partition coefficient (Wildman–Crippen LogP) is 3.69. The first-order valence-corrected chi connectivity index (χ1v) is 7.12. The van der Waals surface area contributed by atoms with E-state index < -0.39 is 11.7 Å². The second kappa shape index (κ2) is 5.95. The van der Waals surface area contributed by atoms with Gasteiger partial charge in [-0.3, -0.25) is 4.79 Å². The average molecular weight is 300 g/mol. The van der Waals surface area contributed by atoms with Crippen molar-refractivity contribution in [2.24, 2.45) is 0 Å². The number of amides is 1. The predicted molar refractivity (Wildman–Crippen MR) is 74.8 cm³/mol. The number of alkyl halides is 3. The minimum Gasteiger partial charge on any atom is -0.398 e. The van der Waals surface area contributed by atoms with Crippen molar-refractivity contribution < 1.29 is 18.0 Å². The molecule has 1 aliphatic heterocycles. The van der Waals surface area contributed by atoms with E-state index in [1.807, 2.05) is 6.92 Å². The molecule has 2 N–H and O–H groups in total. The van der Waals surface area contributed by atoms with E-state index in [4.69, 9.17) is 5.73 Å². The Kier molecular flexibility index (Phi) is 4.44. The number of halogens is 3. The van der Waals surface area contributed by atoms with Gasteiger partial charge in [0.2, 0.25) is 0 Å². The third-order valence-corrected chi connectivity index (χ3v) is 3.96. The molecule has 0 saturated carbocycles. The number of carbonyl (C=O) groups is 1. The summed E-state index contributed by atoms with van der Waals surface area (Å²) in [7, 11) is 0. The Morgan fingerprint density at radius 3 is 2.71 bits per heavy atom. The summed E-state index contributed by atoms with van der Waals surface area (Å²) < 4.78 is 38.6. The van der Waals surface area contributed by atoms with Gasteiger partial charge in [-0.15, -0.1) is 0 Å².